The lowest BCUT2D eigenvalue weighted by Gasteiger charge is -2.29. The summed E-state index contributed by atoms with van der Waals surface area (Å²) < 4.78 is 22.5. The van der Waals surface area contributed by atoms with E-state index < -0.39 is 0 Å². The number of allylic oxidation sites excluding steroid dienone is 1. The van der Waals surface area contributed by atoms with Gasteiger partial charge in [-0.3, -0.25) is 0 Å². The Morgan fingerprint density at radius 1 is 1.19 bits per heavy atom. The van der Waals surface area contributed by atoms with Crippen LogP contribution in [0.4, 0.5) is 0 Å². The molecule has 1 aliphatic rings. The quantitative estimate of drug-likeness (QED) is 0.750. The summed E-state index contributed by atoms with van der Waals surface area (Å²) in [6.45, 7) is 5.08. The molecule has 116 valence electrons. The highest BCUT2D eigenvalue weighted by atomic mass is 16.8. The van der Waals surface area contributed by atoms with Gasteiger partial charge in [0.25, 0.3) is 5.95 Å². The van der Waals surface area contributed by atoms with E-state index >= 15 is 0 Å². The molecule has 1 heterocycles. The zero-order valence-electron chi connectivity index (χ0n) is 13.0. The van der Waals surface area contributed by atoms with Crippen molar-refractivity contribution in [3.8, 4) is 0 Å². The van der Waals surface area contributed by atoms with E-state index in [-0.39, 0.29) is 12.4 Å². The fraction of sp³-hybridized carbons (Fsp3) is 0.529. The van der Waals surface area contributed by atoms with E-state index in [9.17, 15) is 0 Å². The van der Waals surface area contributed by atoms with Gasteiger partial charge in [-0.2, -0.15) is 0 Å². The van der Waals surface area contributed by atoms with Crippen LogP contribution in [0, 0.1) is 0 Å². The lowest BCUT2D eigenvalue weighted by atomic mass is 10.1. The van der Waals surface area contributed by atoms with E-state index in [1.54, 1.807) is 7.11 Å². The van der Waals surface area contributed by atoms with Crippen LogP contribution in [-0.4, -0.2) is 26.1 Å². The molecule has 0 bridgehead atoms. The SMILES string of the molecule is COC(O[C@@H]1CC[C@H](OCc2ccccc2)CO1)=C(C)C. The summed E-state index contributed by atoms with van der Waals surface area (Å²) in [4.78, 5) is 0. The normalized spacial score (nSPS) is 21.7. The molecule has 0 spiro atoms. The zero-order valence-corrected chi connectivity index (χ0v) is 13.0. The van der Waals surface area contributed by atoms with Crippen LogP contribution in [0.25, 0.3) is 0 Å². The minimum absolute atomic E-state index is 0.128. The zero-order chi connectivity index (χ0) is 15.1. The van der Waals surface area contributed by atoms with Gasteiger partial charge in [0, 0.05) is 12.0 Å². The summed E-state index contributed by atoms with van der Waals surface area (Å²) in [7, 11) is 1.61. The Labute approximate surface area is 126 Å². The van der Waals surface area contributed by atoms with Gasteiger partial charge in [0.05, 0.1) is 26.4 Å². The van der Waals surface area contributed by atoms with E-state index in [0.717, 1.165) is 18.4 Å². The monoisotopic (exact) mass is 292 g/mol. The van der Waals surface area contributed by atoms with Gasteiger partial charge in [-0.1, -0.05) is 30.3 Å². The van der Waals surface area contributed by atoms with Gasteiger partial charge in [-0.15, -0.1) is 0 Å². The summed E-state index contributed by atoms with van der Waals surface area (Å²) >= 11 is 0. The molecule has 4 nitrogen and oxygen atoms in total. The Kier molecular flexibility index (Phi) is 6.08. The first-order valence-corrected chi connectivity index (χ1v) is 7.34. The van der Waals surface area contributed by atoms with Crippen molar-refractivity contribution in [1.29, 1.82) is 0 Å². The van der Waals surface area contributed by atoms with Crippen LogP contribution in [0.1, 0.15) is 32.3 Å². The third-order valence-electron chi connectivity index (χ3n) is 3.35. The molecule has 1 aromatic carbocycles. The Morgan fingerprint density at radius 3 is 2.52 bits per heavy atom. The van der Waals surface area contributed by atoms with Gasteiger partial charge in [0.15, 0.2) is 0 Å². The lowest BCUT2D eigenvalue weighted by molar-refractivity contribution is -0.197. The molecule has 0 N–H and O–H groups in total. The second-order valence-corrected chi connectivity index (χ2v) is 5.37. The number of rotatable bonds is 6. The Hall–Kier alpha value is -1.52. The summed E-state index contributed by atoms with van der Waals surface area (Å²) in [6, 6.07) is 10.2. The van der Waals surface area contributed by atoms with Crippen LogP contribution in [0.15, 0.2) is 41.9 Å². The topological polar surface area (TPSA) is 36.9 Å². The molecular weight excluding hydrogens is 268 g/mol. The first-order chi connectivity index (χ1) is 10.2. The van der Waals surface area contributed by atoms with Crippen molar-refractivity contribution in [2.24, 2.45) is 0 Å². The second-order valence-electron chi connectivity index (χ2n) is 5.37. The molecule has 0 aromatic heterocycles. The van der Waals surface area contributed by atoms with E-state index in [0.29, 0.717) is 19.2 Å². The molecule has 1 aromatic rings. The fourth-order valence-corrected chi connectivity index (χ4v) is 2.21. The maximum Gasteiger partial charge on any atom is 0.279 e. The largest absolute Gasteiger partial charge is 0.469 e. The van der Waals surface area contributed by atoms with Crippen LogP contribution in [-0.2, 0) is 25.6 Å². The van der Waals surface area contributed by atoms with Crippen LogP contribution >= 0.6 is 0 Å². The molecule has 21 heavy (non-hydrogen) atoms. The van der Waals surface area contributed by atoms with Crippen LogP contribution in [0.5, 0.6) is 0 Å². The Morgan fingerprint density at radius 2 is 1.95 bits per heavy atom. The van der Waals surface area contributed by atoms with E-state index in [4.69, 9.17) is 18.9 Å². The van der Waals surface area contributed by atoms with Gasteiger partial charge in [-0.25, -0.2) is 0 Å². The number of ether oxygens (including phenoxy) is 4. The number of hydrogen-bond acceptors (Lipinski definition) is 4. The molecule has 0 amide bonds. The molecule has 0 radical (unpaired) electrons. The number of methoxy groups -OCH3 is 1. The van der Waals surface area contributed by atoms with Crippen molar-refractivity contribution in [3.63, 3.8) is 0 Å². The average Bonchev–Trinajstić information content (AvgIpc) is 2.52. The number of hydrogen-bond donors (Lipinski definition) is 0. The molecule has 2 atom stereocenters. The minimum Gasteiger partial charge on any atom is -0.469 e. The molecule has 1 fully saturated rings. The third kappa shape index (κ3) is 5.06. The molecule has 0 unspecified atom stereocenters. The Balaban J connectivity index is 1.72. The molecule has 4 heteroatoms. The minimum atomic E-state index is -0.244. The summed E-state index contributed by atoms with van der Waals surface area (Å²) in [5.41, 5.74) is 2.19. The second kappa shape index (κ2) is 8.05. The maximum absolute atomic E-state index is 5.87. The first kappa shape index (κ1) is 15.9. The standard InChI is InChI=1S/C17H24O4/c1-13(2)17(18-3)21-16-10-9-15(12-20-16)19-11-14-7-5-4-6-8-14/h4-8,15-16H,9-12H2,1-3H3/t15-,16+/m0/s1. The van der Waals surface area contributed by atoms with E-state index in [1.165, 1.54) is 5.56 Å². The molecule has 0 saturated carbocycles. The van der Waals surface area contributed by atoms with Crippen molar-refractivity contribution >= 4 is 0 Å². The predicted octanol–water partition coefficient (Wildman–Crippen LogP) is 3.62. The van der Waals surface area contributed by atoms with Crippen LogP contribution in [0.3, 0.4) is 0 Å². The highest BCUT2D eigenvalue weighted by molar-refractivity contribution is 5.13. The van der Waals surface area contributed by atoms with Crippen molar-refractivity contribution in [3.05, 3.63) is 47.4 Å². The molecule has 0 aliphatic carbocycles. The van der Waals surface area contributed by atoms with E-state index in [1.807, 2.05) is 32.0 Å². The van der Waals surface area contributed by atoms with Crippen LogP contribution in [0.2, 0.25) is 0 Å². The van der Waals surface area contributed by atoms with Gasteiger partial charge < -0.3 is 18.9 Å². The molecule has 2 rings (SSSR count). The molecule has 1 aliphatic heterocycles. The highest BCUT2D eigenvalue weighted by Gasteiger charge is 2.24. The van der Waals surface area contributed by atoms with Crippen molar-refractivity contribution in [1.82, 2.24) is 0 Å². The van der Waals surface area contributed by atoms with Gasteiger partial charge in [0.1, 0.15) is 0 Å². The predicted molar refractivity (Wildman–Crippen MR) is 80.5 cm³/mol. The smallest absolute Gasteiger partial charge is 0.279 e. The van der Waals surface area contributed by atoms with Gasteiger partial charge in [0.2, 0.25) is 6.29 Å². The highest BCUT2D eigenvalue weighted by Crippen LogP contribution is 2.21. The first-order valence-electron chi connectivity index (χ1n) is 7.34. The summed E-state index contributed by atoms with van der Waals surface area (Å²) in [5, 5.41) is 0. The van der Waals surface area contributed by atoms with Crippen LogP contribution < -0.4 is 0 Å². The van der Waals surface area contributed by atoms with Crippen molar-refractivity contribution < 1.29 is 18.9 Å². The molecular formula is C17H24O4. The van der Waals surface area contributed by atoms with Gasteiger partial charge >= 0.3 is 0 Å². The van der Waals surface area contributed by atoms with E-state index in [2.05, 4.69) is 12.1 Å². The van der Waals surface area contributed by atoms with Crippen molar-refractivity contribution in [2.45, 2.75) is 45.7 Å². The number of benzene rings is 1. The molecule has 1 saturated heterocycles. The van der Waals surface area contributed by atoms with Crippen molar-refractivity contribution in [2.75, 3.05) is 13.7 Å². The van der Waals surface area contributed by atoms with Gasteiger partial charge in [-0.05, 0) is 25.8 Å². The summed E-state index contributed by atoms with van der Waals surface area (Å²) in [5.74, 6) is 0.545. The lowest BCUT2D eigenvalue weighted by Crippen LogP contribution is -2.33. The maximum atomic E-state index is 5.87. The summed E-state index contributed by atoms with van der Waals surface area (Å²) in [6.07, 6.45) is 1.62. The third-order valence-corrected chi connectivity index (χ3v) is 3.35. The fourth-order valence-electron chi connectivity index (χ4n) is 2.21. The average molecular weight is 292 g/mol. The Bertz CT molecular complexity index is 443.